The average molecular weight is 155 g/mol. The normalized spacial score (nSPS) is 20.5. The molecule has 0 aromatic heterocycles. The van der Waals surface area contributed by atoms with Gasteiger partial charge in [-0.15, -0.1) is 0 Å². The van der Waals surface area contributed by atoms with Crippen LogP contribution in [0.4, 0.5) is 0 Å². The van der Waals surface area contributed by atoms with Gasteiger partial charge in [0, 0.05) is 18.2 Å². The fourth-order valence-electron chi connectivity index (χ4n) is 0.829. The predicted octanol–water partition coefficient (Wildman–Crippen LogP) is 0.769. The third-order valence-electron chi connectivity index (χ3n) is 1.91. The molecule has 0 aromatic carbocycles. The first-order valence-electron chi connectivity index (χ1n) is 3.77. The van der Waals surface area contributed by atoms with Crippen LogP contribution in [0.1, 0.15) is 19.8 Å². The molecular weight excluding hydrogens is 142 g/mol. The third kappa shape index (κ3) is 3.18. The second-order valence-corrected chi connectivity index (χ2v) is 3.18. The molecule has 3 nitrogen and oxygen atoms in total. The molecule has 62 valence electrons. The second kappa shape index (κ2) is 3.05. The van der Waals surface area contributed by atoms with Gasteiger partial charge in [-0.05, 0) is 19.8 Å². The maximum absolute atomic E-state index is 10.0. The number of hydrogen-bond donors (Lipinski definition) is 2. The number of hydrogen-bond acceptors (Lipinski definition) is 2. The molecule has 0 aromatic rings. The fourth-order valence-corrected chi connectivity index (χ4v) is 0.829. The van der Waals surface area contributed by atoms with Gasteiger partial charge in [-0.3, -0.25) is 0 Å². The van der Waals surface area contributed by atoms with E-state index in [1.165, 1.54) is 18.9 Å². The molecule has 3 heteroatoms. The Bertz CT molecular complexity index is 183. The SMILES string of the molecule is CC1(NC/C=C/C(=O)O)CC1. The third-order valence-corrected chi connectivity index (χ3v) is 1.91. The molecule has 0 spiro atoms. The Morgan fingerprint density at radius 2 is 2.36 bits per heavy atom. The minimum atomic E-state index is -0.882. The zero-order valence-electron chi connectivity index (χ0n) is 6.63. The van der Waals surface area contributed by atoms with E-state index in [2.05, 4.69) is 12.2 Å². The van der Waals surface area contributed by atoms with E-state index in [0.717, 1.165) is 0 Å². The lowest BCUT2D eigenvalue weighted by Crippen LogP contribution is -2.27. The van der Waals surface area contributed by atoms with Crippen molar-refractivity contribution in [2.24, 2.45) is 0 Å². The van der Waals surface area contributed by atoms with E-state index in [1.807, 2.05) is 0 Å². The van der Waals surface area contributed by atoms with Crippen molar-refractivity contribution in [2.45, 2.75) is 25.3 Å². The molecular formula is C8H13NO2. The molecule has 1 fully saturated rings. The topological polar surface area (TPSA) is 49.3 Å². The first-order valence-corrected chi connectivity index (χ1v) is 3.77. The summed E-state index contributed by atoms with van der Waals surface area (Å²) in [6.45, 7) is 2.80. The lowest BCUT2D eigenvalue weighted by atomic mass is 10.3. The molecule has 2 N–H and O–H groups in total. The van der Waals surface area contributed by atoms with Gasteiger partial charge in [0.15, 0.2) is 0 Å². The average Bonchev–Trinajstić information content (AvgIpc) is 2.62. The lowest BCUT2D eigenvalue weighted by Gasteiger charge is -2.06. The van der Waals surface area contributed by atoms with Gasteiger partial charge < -0.3 is 10.4 Å². The van der Waals surface area contributed by atoms with Crippen molar-refractivity contribution in [1.82, 2.24) is 5.32 Å². The molecule has 1 aliphatic rings. The Morgan fingerprint density at radius 3 is 2.82 bits per heavy atom. The van der Waals surface area contributed by atoms with Gasteiger partial charge in [0.1, 0.15) is 0 Å². The standard InChI is InChI=1S/C8H13NO2/c1-8(4-5-8)9-6-2-3-7(10)11/h2-3,9H,4-6H2,1H3,(H,10,11)/b3-2+. The molecule has 0 bridgehead atoms. The first-order chi connectivity index (χ1) is 5.12. The molecule has 0 saturated heterocycles. The Kier molecular flexibility index (Phi) is 2.29. The van der Waals surface area contributed by atoms with Crippen molar-refractivity contribution in [3.63, 3.8) is 0 Å². The van der Waals surface area contributed by atoms with Crippen molar-refractivity contribution >= 4 is 5.97 Å². The van der Waals surface area contributed by atoms with Crippen LogP contribution in [0.25, 0.3) is 0 Å². The van der Waals surface area contributed by atoms with Crippen molar-refractivity contribution in [1.29, 1.82) is 0 Å². The summed E-state index contributed by atoms with van der Waals surface area (Å²) in [6.07, 6.45) is 5.20. The number of aliphatic carboxylic acids is 1. The highest BCUT2D eigenvalue weighted by molar-refractivity contribution is 5.79. The Balaban J connectivity index is 2.08. The van der Waals surface area contributed by atoms with Gasteiger partial charge >= 0.3 is 5.97 Å². The molecule has 0 amide bonds. The molecule has 1 rings (SSSR count). The van der Waals surface area contributed by atoms with Gasteiger partial charge in [0.25, 0.3) is 0 Å². The van der Waals surface area contributed by atoms with Crippen LogP contribution in [0.5, 0.6) is 0 Å². The van der Waals surface area contributed by atoms with Gasteiger partial charge in [-0.2, -0.15) is 0 Å². The van der Waals surface area contributed by atoms with Crippen LogP contribution in [0.2, 0.25) is 0 Å². The molecule has 0 atom stereocenters. The Hall–Kier alpha value is -0.830. The van der Waals surface area contributed by atoms with E-state index in [0.29, 0.717) is 12.1 Å². The number of rotatable bonds is 4. The van der Waals surface area contributed by atoms with Crippen LogP contribution >= 0.6 is 0 Å². The summed E-state index contributed by atoms with van der Waals surface area (Å²) in [7, 11) is 0. The lowest BCUT2D eigenvalue weighted by molar-refractivity contribution is -0.131. The van der Waals surface area contributed by atoms with Crippen molar-refractivity contribution in [3.8, 4) is 0 Å². The van der Waals surface area contributed by atoms with Gasteiger partial charge in [-0.25, -0.2) is 4.79 Å². The van der Waals surface area contributed by atoms with Crippen LogP contribution in [0.15, 0.2) is 12.2 Å². The van der Waals surface area contributed by atoms with E-state index < -0.39 is 5.97 Å². The number of nitrogens with one attached hydrogen (secondary N) is 1. The second-order valence-electron chi connectivity index (χ2n) is 3.18. The molecule has 0 heterocycles. The summed E-state index contributed by atoms with van der Waals surface area (Å²) in [5.41, 5.74) is 0.294. The van der Waals surface area contributed by atoms with Crippen LogP contribution in [-0.4, -0.2) is 23.2 Å². The van der Waals surface area contributed by atoms with Gasteiger partial charge in [-0.1, -0.05) is 6.08 Å². The summed E-state index contributed by atoms with van der Waals surface area (Å²) in [6, 6.07) is 0. The summed E-state index contributed by atoms with van der Waals surface area (Å²) < 4.78 is 0. The zero-order chi connectivity index (χ0) is 8.32. The number of carboxylic acids is 1. The highest BCUT2D eigenvalue weighted by Crippen LogP contribution is 2.33. The first kappa shape index (κ1) is 8.27. The molecule has 0 radical (unpaired) electrons. The zero-order valence-corrected chi connectivity index (χ0v) is 6.63. The maximum Gasteiger partial charge on any atom is 0.328 e. The quantitative estimate of drug-likeness (QED) is 0.589. The van der Waals surface area contributed by atoms with Crippen molar-refractivity contribution in [2.75, 3.05) is 6.54 Å². The summed E-state index contributed by atoms with van der Waals surface area (Å²) >= 11 is 0. The number of carbonyl (C=O) groups is 1. The molecule has 1 saturated carbocycles. The van der Waals surface area contributed by atoms with E-state index in [4.69, 9.17) is 5.11 Å². The number of carboxylic acid groups (broad SMARTS) is 1. The van der Waals surface area contributed by atoms with Crippen LogP contribution < -0.4 is 5.32 Å². The maximum atomic E-state index is 10.0. The highest BCUT2D eigenvalue weighted by atomic mass is 16.4. The van der Waals surface area contributed by atoms with Crippen LogP contribution in [0, 0.1) is 0 Å². The van der Waals surface area contributed by atoms with E-state index >= 15 is 0 Å². The highest BCUT2D eigenvalue weighted by Gasteiger charge is 2.35. The summed E-state index contributed by atoms with van der Waals surface area (Å²) in [5.74, 6) is -0.882. The van der Waals surface area contributed by atoms with Gasteiger partial charge in [0.2, 0.25) is 0 Å². The Morgan fingerprint density at radius 1 is 1.73 bits per heavy atom. The summed E-state index contributed by atoms with van der Waals surface area (Å²) in [5, 5.41) is 11.5. The van der Waals surface area contributed by atoms with Crippen LogP contribution in [-0.2, 0) is 4.79 Å². The monoisotopic (exact) mass is 155 g/mol. The van der Waals surface area contributed by atoms with E-state index in [9.17, 15) is 4.79 Å². The Labute approximate surface area is 66.1 Å². The van der Waals surface area contributed by atoms with Gasteiger partial charge in [0.05, 0.1) is 0 Å². The molecule has 1 aliphatic carbocycles. The smallest absolute Gasteiger partial charge is 0.328 e. The minimum Gasteiger partial charge on any atom is -0.478 e. The van der Waals surface area contributed by atoms with E-state index in [-0.39, 0.29) is 0 Å². The van der Waals surface area contributed by atoms with Crippen molar-refractivity contribution in [3.05, 3.63) is 12.2 Å². The largest absolute Gasteiger partial charge is 0.478 e. The molecule has 0 aliphatic heterocycles. The molecule has 11 heavy (non-hydrogen) atoms. The van der Waals surface area contributed by atoms with Crippen LogP contribution in [0.3, 0.4) is 0 Å². The fraction of sp³-hybridized carbons (Fsp3) is 0.625. The van der Waals surface area contributed by atoms with E-state index in [1.54, 1.807) is 6.08 Å². The van der Waals surface area contributed by atoms with Crippen molar-refractivity contribution < 1.29 is 9.90 Å². The minimum absolute atomic E-state index is 0.294. The summed E-state index contributed by atoms with van der Waals surface area (Å²) in [4.78, 5) is 10.0. The molecule has 0 unspecified atom stereocenters. The predicted molar refractivity (Wildman–Crippen MR) is 42.4 cm³/mol.